The van der Waals surface area contributed by atoms with E-state index in [1.165, 1.54) is 7.11 Å². The number of methoxy groups -OCH3 is 1. The molecule has 0 bridgehead atoms. The quantitative estimate of drug-likeness (QED) is 0.192. The third-order valence-corrected chi connectivity index (χ3v) is 3.26. The van der Waals surface area contributed by atoms with Gasteiger partial charge in [0.15, 0.2) is 6.79 Å². The summed E-state index contributed by atoms with van der Waals surface area (Å²) in [5.41, 5.74) is -0.314. The van der Waals surface area contributed by atoms with E-state index in [1.54, 1.807) is 52.0 Å². The summed E-state index contributed by atoms with van der Waals surface area (Å²) < 4.78 is 25.6. The van der Waals surface area contributed by atoms with E-state index < -0.39 is 35.7 Å². The molecule has 1 aromatic rings. The molecule has 0 atom stereocenters. The van der Waals surface area contributed by atoms with Crippen LogP contribution < -0.4 is 0 Å². The van der Waals surface area contributed by atoms with Crippen molar-refractivity contribution in [2.24, 2.45) is 0 Å². The number of carbonyl (C=O) groups excluding carboxylic acids is 3. The third-order valence-electron chi connectivity index (χ3n) is 3.26. The van der Waals surface area contributed by atoms with Crippen LogP contribution in [0.2, 0.25) is 0 Å². The lowest BCUT2D eigenvalue weighted by Crippen LogP contribution is -2.27. The van der Waals surface area contributed by atoms with Crippen LogP contribution in [0.5, 0.6) is 0 Å². The van der Waals surface area contributed by atoms with Crippen molar-refractivity contribution in [3.05, 3.63) is 47.2 Å². The number of carbonyl (C=O) groups is 3. The summed E-state index contributed by atoms with van der Waals surface area (Å²) in [6.45, 7) is 6.36. The SMILES string of the molecule is CCOC(=O)C(CC(=O)OC(C)(C)C)=C(OCOC)C(=O)OCc1ccccc1. The average Bonchev–Trinajstić information content (AvgIpc) is 2.65. The molecule has 29 heavy (non-hydrogen) atoms. The van der Waals surface area contributed by atoms with Crippen LogP contribution >= 0.6 is 0 Å². The average molecular weight is 408 g/mol. The minimum Gasteiger partial charge on any atom is -0.463 e. The minimum atomic E-state index is -0.919. The van der Waals surface area contributed by atoms with Crippen LogP contribution in [-0.2, 0) is 44.7 Å². The van der Waals surface area contributed by atoms with Gasteiger partial charge in [0.25, 0.3) is 0 Å². The van der Waals surface area contributed by atoms with Gasteiger partial charge in [-0.25, -0.2) is 9.59 Å². The lowest BCUT2D eigenvalue weighted by Gasteiger charge is -2.20. The van der Waals surface area contributed by atoms with Crippen LogP contribution in [0.15, 0.2) is 41.7 Å². The van der Waals surface area contributed by atoms with Gasteiger partial charge in [-0.05, 0) is 33.3 Å². The van der Waals surface area contributed by atoms with Gasteiger partial charge in [-0.15, -0.1) is 0 Å². The summed E-state index contributed by atoms with van der Waals surface area (Å²) in [6, 6.07) is 8.99. The molecule has 0 radical (unpaired) electrons. The number of benzene rings is 1. The van der Waals surface area contributed by atoms with Gasteiger partial charge in [0, 0.05) is 7.11 Å². The number of hydrogen-bond donors (Lipinski definition) is 0. The molecule has 0 heterocycles. The van der Waals surface area contributed by atoms with E-state index >= 15 is 0 Å². The summed E-state index contributed by atoms with van der Waals surface area (Å²) in [6.07, 6.45) is -0.518. The Labute approximate surface area is 170 Å². The second-order valence-corrected chi connectivity index (χ2v) is 6.90. The van der Waals surface area contributed by atoms with Crippen molar-refractivity contribution >= 4 is 17.9 Å². The van der Waals surface area contributed by atoms with Crippen molar-refractivity contribution in [2.75, 3.05) is 20.5 Å². The van der Waals surface area contributed by atoms with E-state index in [2.05, 4.69) is 0 Å². The first-order chi connectivity index (χ1) is 13.7. The maximum atomic E-state index is 12.6. The highest BCUT2D eigenvalue weighted by Gasteiger charge is 2.29. The first-order valence-electron chi connectivity index (χ1n) is 9.12. The molecule has 8 heteroatoms. The van der Waals surface area contributed by atoms with Crippen molar-refractivity contribution in [1.29, 1.82) is 0 Å². The molecule has 1 aromatic carbocycles. The molecule has 1 rings (SSSR count). The Hall–Kier alpha value is -2.87. The molecule has 0 saturated carbocycles. The molecule has 8 nitrogen and oxygen atoms in total. The molecule has 0 fully saturated rings. The van der Waals surface area contributed by atoms with Gasteiger partial charge in [-0.1, -0.05) is 30.3 Å². The molecule has 0 spiro atoms. The molecule has 0 aromatic heterocycles. The molecule has 0 aliphatic rings. The second-order valence-electron chi connectivity index (χ2n) is 6.90. The summed E-state index contributed by atoms with van der Waals surface area (Å²) in [7, 11) is 1.35. The first kappa shape index (κ1) is 24.2. The lowest BCUT2D eigenvalue weighted by molar-refractivity contribution is -0.156. The predicted molar refractivity (Wildman–Crippen MR) is 103 cm³/mol. The topological polar surface area (TPSA) is 97.4 Å². The molecule has 0 saturated heterocycles. The maximum absolute atomic E-state index is 12.6. The number of ether oxygens (including phenoxy) is 5. The van der Waals surface area contributed by atoms with E-state index in [4.69, 9.17) is 23.7 Å². The molecule has 0 aliphatic carbocycles. The fourth-order valence-electron chi connectivity index (χ4n) is 2.16. The standard InChI is InChI=1S/C21H28O8/c1-6-26-19(23)16(12-17(22)29-21(2,3)4)18(28-14-25-5)20(24)27-13-15-10-8-7-9-11-15/h7-11H,6,12-14H2,1-5H3. The number of esters is 3. The van der Waals surface area contributed by atoms with Crippen LogP contribution in [0, 0.1) is 0 Å². The lowest BCUT2D eigenvalue weighted by atomic mass is 10.1. The molecule has 0 amide bonds. The minimum absolute atomic E-state index is 0.0396. The largest absolute Gasteiger partial charge is 0.463 e. The van der Waals surface area contributed by atoms with Gasteiger partial charge >= 0.3 is 17.9 Å². The highest BCUT2D eigenvalue weighted by molar-refractivity contribution is 6.02. The van der Waals surface area contributed by atoms with Crippen LogP contribution in [0.4, 0.5) is 0 Å². The van der Waals surface area contributed by atoms with Crippen LogP contribution in [-0.4, -0.2) is 44.0 Å². The van der Waals surface area contributed by atoms with E-state index in [-0.39, 0.29) is 25.6 Å². The van der Waals surface area contributed by atoms with E-state index in [0.29, 0.717) is 0 Å². The fourth-order valence-corrected chi connectivity index (χ4v) is 2.16. The van der Waals surface area contributed by atoms with E-state index in [1.807, 2.05) is 6.07 Å². The number of rotatable bonds is 10. The zero-order valence-electron chi connectivity index (χ0n) is 17.5. The van der Waals surface area contributed by atoms with Crippen LogP contribution in [0.1, 0.15) is 39.7 Å². The van der Waals surface area contributed by atoms with Crippen LogP contribution in [0.3, 0.4) is 0 Å². The zero-order chi connectivity index (χ0) is 21.9. The zero-order valence-corrected chi connectivity index (χ0v) is 17.5. The van der Waals surface area contributed by atoms with Gasteiger partial charge in [0.2, 0.25) is 5.76 Å². The molecule has 0 unspecified atom stereocenters. The first-order valence-corrected chi connectivity index (χ1v) is 9.12. The highest BCUT2D eigenvalue weighted by Crippen LogP contribution is 2.19. The second kappa shape index (κ2) is 11.9. The molecular formula is C21H28O8. The van der Waals surface area contributed by atoms with E-state index in [9.17, 15) is 14.4 Å². The maximum Gasteiger partial charge on any atom is 0.374 e. The van der Waals surface area contributed by atoms with Crippen molar-refractivity contribution in [2.45, 2.75) is 46.3 Å². The Kier molecular flexibility index (Phi) is 9.88. The molecule has 0 N–H and O–H groups in total. The monoisotopic (exact) mass is 408 g/mol. The number of hydrogen-bond acceptors (Lipinski definition) is 8. The Balaban J connectivity index is 3.14. The molecular weight excluding hydrogens is 380 g/mol. The molecule has 160 valence electrons. The Bertz CT molecular complexity index is 716. The van der Waals surface area contributed by atoms with E-state index in [0.717, 1.165) is 5.56 Å². The Morgan fingerprint density at radius 3 is 2.14 bits per heavy atom. The summed E-state index contributed by atoms with van der Waals surface area (Å²) in [5, 5.41) is 0. The van der Waals surface area contributed by atoms with Gasteiger partial charge in [0.1, 0.15) is 12.2 Å². The Morgan fingerprint density at radius 1 is 0.931 bits per heavy atom. The van der Waals surface area contributed by atoms with Crippen molar-refractivity contribution in [1.82, 2.24) is 0 Å². The van der Waals surface area contributed by atoms with Gasteiger partial charge in [0.05, 0.1) is 18.6 Å². The van der Waals surface area contributed by atoms with Gasteiger partial charge < -0.3 is 23.7 Å². The third kappa shape index (κ3) is 9.25. The summed E-state index contributed by atoms with van der Waals surface area (Å²) >= 11 is 0. The normalized spacial score (nSPS) is 11.9. The highest BCUT2D eigenvalue weighted by atomic mass is 16.7. The van der Waals surface area contributed by atoms with Crippen molar-refractivity contribution < 1.29 is 38.1 Å². The fraction of sp³-hybridized carbons (Fsp3) is 0.476. The summed E-state index contributed by atoms with van der Waals surface area (Å²) in [5.74, 6) is -2.96. The summed E-state index contributed by atoms with van der Waals surface area (Å²) in [4.78, 5) is 37.3. The van der Waals surface area contributed by atoms with Crippen LogP contribution in [0.25, 0.3) is 0 Å². The van der Waals surface area contributed by atoms with Gasteiger partial charge in [-0.3, -0.25) is 4.79 Å². The van der Waals surface area contributed by atoms with Crippen molar-refractivity contribution in [3.8, 4) is 0 Å². The predicted octanol–water partition coefficient (Wildman–Crippen LogP) is 2.90. The smallest absolute Gasteiger partial charge is 0.374 e. The Morgan fingerprint density at radius 2 is 1.59 bits per heavy atom. The molecule has 0 aliphatic heterocycles. The van der Waals surface area contributed by atoms with Gasteiger partial charge in [-0.2, -0.15) is 0 Å². The van der Waals surface area contributed by atoms with Crippen molar-refractivity contribution in [3.63, 3.8) is 0 Å².